The van der Waals surface area contributed by atoms with Crippen LogP contribution >= 0.6 is 11.8 Å². The van der Waals surface area contributed by atoms with E-state index in [2.05, 4.69) is 28.8 Å². The molecular formula is C16H25N3OS. The fraction of sp³-hybridized carbons (Fsp3) is 0.625. The van der Waals surface area contributed by atoms with Crippen molar-refractivity contribution in [2.24, 2.45) is 0 Å². The molecule has 1 saturated carbocycles. The number of amides is 1. The van der Waals surface area contributed by atoms with E-state index in [1.165, 1.54) is 19.3 Å². The van der Waals surface area contributed by atoms with Gasteiger partial charge < -0.3 is 10.6 Å². The first-order chi connectivity index (χ1) is 10.3. The minimum absolute atomic E-state index is 0.00680. The molecule has 2 atom stereocenters. The van der Waals surface area contributed by atoms with Gasteiger partial charge in [-0.2, -0.15) is 11.8 Å². The Morgan fingerprint density at radius 3 is 3.00 bits per heavy atom. The number of aromatic nitrogens is 1. The molecule has 4 nitrogen and oxygen atoms in total. The highest BCUT2D eigenvalue weighted by molar-refractivity contribution is 7.99. The summed E-state index contributed by atoms with van der Waals surface area (Å²) in [6.07, 6.45) is 9.61. The molecule has 1 aliphatic rings. The predicted molar refractivity (Wildman–Crippen MR) is 90.0 cm³/mol. The lowest BCUT2D eigenvalue weighted by Gasteiger charge is -2.31. The third kappa shape index (κ3) is 4.37. The van der Waals surface area contributed by atoms with Crippen molar-refractivity contribution in [2.45, 2.75) is 50.3 Å². The number of carbonyl (C=O) groups is 1. The number of pyridine rings is 1. The number of rotatable bonds is 6. The average Bonchev–Trinajstić information content (AvgIpc) is 2.53. The van der Waals surface area contributed by atoms with Crippen molar-refractivity contribution in [2.75, 3.05) is 18.1 Å². The Hall–Kier alpha value is -1.23. The van der Waals surface area contributed by atoms with E-state index in [0.29, 0.717) is 16.6 Å². The first-order valence-corrected chi connectivity index (χ1v) is 9.07. The van der Waals surface area contributed by atoms with Crippen molar-refractivity contribution < 1.29 is 4.79 Å². The van der Waals surface area contributed by atoms with Crippen molar-refractivity contribution in [1.82, 2.24) is 10.3 Å². The molecule has 5 heteroatoms. The molecule has 2 N–H and O–H groups in total. The summed E-state index contributed by atoms with van der Waals surface area (Å²) >= 11 is 1.86. The first kappa shape index (κ1) is 16.1. The molecule has 0 bridgehead atoms. The lowest BCUT2D eigenvalue weighted by atomic mass is 9.94. The van der Waals surface area contributed by atoms with Gasteiger partial charge in [-0.05, 0) is 37.7 Å². The van der Waals surface area contributed by atoms with Crippen LogP contribution in [0.4, 0.5) is 5.82 Å². The average molecular weight is 307 g/mol. The molecule has 2 unspecified atom stereocenters. The van der Waals surface area contributed by atoms with Gasteiger partial charge in [0, 0.05) is 24.0 Å². The van der Waals surface area contributed by atoms with Gasteiger partial charge in [0.25, 0.3) is 5.91 Å². The van der Waals surface area contributed by atoms with Gasteiger partial charge in [0.05, 0.1) is 5.56 Å². The first-order valence-electron chi connectivity index (χ1n) is 7.78. The number of hydrogen-bond donors (Lipinski definition) is 2. The number of hydrogen-bond acceptors (Lipinski definition) is 4. The van der Waals surface area contributed by atoms with E-state index in [-0.39, 0.29) is 11.9 Å². The van der Waals surface area contributed by atoms with E-state index < -0.39 is 0 Å². The molecule has 0 aromatic carbocycles. The van der Waals surface area contributed by atoms with Gasteiger partial charge in [0.2, 0.25) is 0 Å². The van der Waals surface area contributed by atoms with Gasteiger partial charge >= 0.3 is 0 Å². The summed E-state index contributed by atoms with van der Waals surface area (Å²) in [6.45, 7) is 2.93. The van der Waals surface area contributed by atoms with Crippen LogP contribution in [0, 0.1) is 0 Å². The van der Waals surface area contributed by atoms with Crippen LogP contribution in [-0.4, -0.2) is 35.0 Å². The SMILES string of the molecule is CCCNc1ncccc1C(=O)NC1CCCCC1SC. The standard InChI is InChI=1S/C16H25N3OS/c1-3-10-17-15-12(7-6-11-18-15)16(20)19-13-8-4-5-9-14(13)21-2/h6-7,11,13-14H,3-5,8-10H2,1-2H3,(H,17,18)(H,19,20). The van der Waals surface area contributed by atoms with Gasteiger partial charge in [0.15, 0.2) is 0 Å². The minimum Gasteiger partial charge on any atom is -0.369 e. The topological polar surface area (TPSA) is 54.0 Å². The van der Waals surface area contributed by atoms with Crippen LogP contribution in [0.3, 0.4) is 0 Å². The zero-order valence-electron chi connectivity index (χ0n) is 12.9. The zero-order valence-corrected chi connectivity index (χ0v) is 13.7. The molecule has 0 radical (unpaired) electrons. The second kappa shape index (κ2) is 8.27. The summed E-state index contributed by atoms with van der Waals surface area (Å²) in [4.78, 5) is 16.9. The molecule has 0 spiro atoms. The lowest BCUT2D eigenvalue weighted by molar-refractivity contribution is 0.0930. The van der Waals surface area contributed by atoms with Gasteiger partial charge in [-0.15, -0.1) is 0 Å². The molecule has 1 aromatic heterocycles. The molecule has 116 valence electrons. The van der Waals surface area contributed by atoms with Crippen LogP contribution < -0.4 is 10.6 Å². The van der Waals surface area contributed by atoms with E-state index in [9.17, 15) is 4.79 Å². The molecule has 1 aliphatic carbocycles. The highest BCUT2D eigenvalue weighted by Crippen LogP contribution is 2.27. The Labute approximate surface area is 131 Å². The molecule has 0 saturated heterocycles. The van der Waals surface area contributed by atoms with Crippen LogP contribution in [0.25, 0.3) is 0 Å². The number of carbonyl (C=O) groups excluding carboxylic acids is 1. The van der Waals surface area contributed by atoms with Crippen LogP contribution in [-0.2, 0) is 0 Å². The minimum atomic E-state index is -0.00680. The second-order valence-corrected chi connectivity index (χ2v) is 6.54. The zero-order chi connectivity index (χ0) is 15.1. The summed E-state index contributed by atoms with van der Waals surface area (Å²) in [5, 5.41) is 6.98. The summed E-state index contributed by atoms with van der Waals surface area (Å²) in [6, 6.07) is 3.94. The maximum absolute atomic E-state index is 12.6. The Morgan fingerprint density at radius 1 is 1.43 bits per heavy atom. The van der Waals surface area contributed by atoms with Crippen molar-refractivity contribution in [1.29, 1.82) is 0 Å². The van der Waals surface area contributed by atoms with Gasteiger partial charge in [0.1, 0.15) is 5.82 Å². The molecule has 21 heavy (non-hydrogen) atoms. The lowest BCUT2D eigenvalue weighted by Crippen LogP contribution is -2.43. The summed E-state index contributed by atoms with van der Waals surface area (Å²) in [5.74, 6) is 0.681. The van der Waals surface area contributed by atoms with Crippen molar-refractivity contribution in [3.8, 4) is 0 Å². The number of thioether (sulfide) groups is 1. The fourth-order valence-electron chi connectivity index (χ4n) is 2.76. The van der Waals surface area contributed by atoms with E-state index >= 15 is 0 Å². The van der Waals surface area contributed by atoms with Crippen LogP contribution in [0.5, 0.6) is 0 Å². The van der Waals surface area contributed by atoms with E-state index in [4.69, 9.17) is 0 Å². The Balaban J connectivity index is 2.05. The molecule has 2 rings (SSSR count). The van der Waals surface area contributed by atoms with Crippen LogP contribution in [0.15, 0.2) is 18.3 Å². The normalized spacial score (nSPS) is 21.8. The molecule has 1 heterocycles. The third-order valence-corrected chi connectivity index (χ3v) is 5.09. The molecule has 0 aliphatic heterocycles. The van der Waals surface area contributed by atoms with E-state index in [1.807, 2.05) is 23.9 Å². The van der Waals surface area contributed by atoms with E-state index in [1.54, 1.807) is 6.20 Å². The quantitative estimate of drug-likeness (QED) is 0.846. The summed E-state index contributed by atoms with van der Waals surface area (Å²) in [7, 11) is 0. The highest BCUT2D eigenvalue weighted by atomic mass is 32.2. The smallest absolute Gasteiger partial charge is 0.255 e. The Bertz CT molecular complexity index is 467. The summed E-state index contributed by atoms with van der Waals surface area (Å²) < 4.78 is 0. The van der Waals surface area contributed by atoms with E-state index in [0.717, 1.165) is 19.4 Å². The maximum Gasteiger partial charge on any atom is 0.255 e. The monoisotopic (exact) mass is 307 g/mol. The molecular weight excluding hydrogens is 282 g/mol. The van der Waals surface area contributed by atoms with Crippen molar-refractivity contribution >= 4 is 23.5 Å². The third-order valence-electron chi connectivity index (χ3n) is 3.92. The largest absolute Gasteiger partial charge is 0.369 e. The fourth-order valence-corrected chi connectivity index (χ4v) is 3.70. The number of anilines is 1. The molecule has 1 amide bonds. The number of nitrogens with one attached hydrogen (secondary N) is 2. The highest BCUT2D eigenvalue weighted by Gasteiger charge is 2.26. The molecule has 1 aromatic rings. The molecule has 1 fully saturated rings. The Kier molecular flexibility index (Phi) is 6.36. The second-order valence-electron chi connectivity index (χ2n) is 5.46. The van der Waals surface area contributed by atoms with Crippen LogP contribution in [0.2, 0.25) is 0 Å². The van der Waals surface area contributed by atoms with Crippen LogP contribution in [0.1, 0.15) is 49.4 Å². The summed E-state index contributed by atoms with van der Waals surface area (Å²) in [5.41, 5.74) is 0.649. The maximum atomic E-state index is 12.6. The van der Waals surface area contributed by atoms with Gasteiger partial charge in [-0.25, -0.2) is 4.98 Å². The van der Waals surface area contributed by atoms with Gasteiger partial charge in [-0.3, -0.25) is 4.79 Å². The van der Waals surface area contributed by atoms with Gasteiger partial charge in [-0.1, -0.05) is 19.8 Å². The number of nitrogens with zero attached hydrogens (tertiary/aromatic N) is 1. The van der Waals surface area contributed by atoms with Crippen molar-refractivity contribution in [3.05, 3.63) is 23.9 Å². The van der Waals surface area contributed by atoms with Crippen molar-refractivity contribution in [3.63, 3.8) is 0 Å². The Morgan fingerprint density at radius 2 is 2.24 bits per heavy atom. The predicted octanol–water partition coefficient (Wildman–Crippen LogP) is 3.31.